The molecule has 2 aromatic rings. The van der Waals surface area contributed by atoms with Crippen LogP contribution in [0.2, 0.25) is 10.0 Å². The second kappa shape index (κ2) is 6.74. The van der Waals surface area contributed by atoms with Gasteiger partial charge in [0, 0.05) is 28.8 Å². The Morgan fingerprint density at radius 2 is 2.05 bits per heavy atom. The highest BCUT2D eigenvalue weighted by atomic mass is 35.5. The molecule has 1 aromatic heterocycles. The molecule has 6 heteroatoms. The van der Waals surface area contributed by atoms with E-state index in [0.29, 0.717) is 41.0 Å². The van der Waals surface area contributed by atoms with Gasteiger partial charge in [-0.3, -0.25) is 0 Å². The van der Waals surface area contributed by atoms with E-state index in [4.69, 9.17) is 33.0 Å². The lowest BCUT2D eigenvalue weighted by Crippen LogP contribution is -1.96. The van der Waals surface area contributed by atoms with Crippen LogP contribution >= 0.6 is 23.2 Å². The van der Waals surface area contributed by atoms with Crippen molar-refractivity contribution < 1.29 is 4.52 Å². The first-order valence-electron chi connectivity index (χ1n) is 6.24. The van der Waals surface area contributed by atoms with Crippen molar-refractivity contribution in [3.8, 4) is 6.07 Å². The highest BCUT2D eigenvalue weighted by molar-refractivity contribution is 6.36. The van der Waals surface area contributed by atoms with Gasteiger partial charge in [-0.2, -0.15) is 10.2 Å². The fraction of sp³-hybridized carbons (Fsp3) is 0.357. The molecule has 20 heavy (non-hydrogen) atoms. The lowest BCUT2D eigenvalue weighted by Gasteiger charge is -2.03. The Labute approximate surface area is 127 Å². The van der Waals surface area contributed by atoms with Gasteiger partial charge in [0.1, 0.15) is 0 Å². The van der Waals surface area contributed by atoms with Crippen LogP contribution in [0.4, 0.5) is 0 Å². The molecule has 0 bridgehead atoms. The van der Waals surface area contributed by atoms with Crippen molar-refractivity contribution in [2.75, 3.05) is 0 Å². The fourth-order valence-electron chi connectivity index (χ4n) is 1.80. The maximum atomic E-state index is 8.58. The van der Waals surface area contributed by atoms with Crippen molar-refractivity contribution in [3.63, 3.8) is 0 Å². The molecule has 1 heterocycles. The van der Waals surface area contributed by atoms with Gasteiger partial charge in [0.05, 0.1) is 6.07 Å². The SMILES string of the molecule is CC(CCC#N)c1nc(Cc2c(Cl)cccc2Cl)no1. The number of halogens is 2. The molecule has 1 atom stereocenters. The third-order valence-corrected chi connectivity index (χ3v) is 3.70. The summed E-state index contributed by atoms with van der Waals surface area (Å²) < 4.78 is 5.22. The van der Waals surface area contributed by atoms with Crippen molar-refractivity contribution in [3.05, 3.63) is 45.5 Å². The van der Waals surface area contributed by atoms with Crippen LogP contribution in [0.3, 0.4) is 0 Å². The molecule has 0 N–H and O–H groups in total. The van der Waals surface area contributed by atoms with Gasteiger partial charge in [0.2, 0.25) is 5.89 Å². The minimum absolute atomic E-state index is 0.0672. The quantitative estimate of drug-likeness (QED) is 0.822. The third kappa shape index (κ3) is 3.50. The molecule has 104 valence electrons. The molecule has 0 fully saturated rings. The van der Waals surface area contributed by atoms with E-state index < -0.39 is 0 Å². The first-order valence-corrected chi connectivity index (χ1v) is 6.99. The van der Waals surface area contributed by atoms with E-state index in [1.54, 1.807) is 18.2 Å². The first kappa shape index (κ1) is 14.8. The number of benzene rings is 1. The van der Waals surface area contributed by atoms with Gasteiger partial charge in [0.15, 0.2) is 5.82 Å². The van der Waals surface area contributed by atoms with Gasteiger partial charge < -0.3 is 4.52 Å². The van der Waals surface area contributed by atoms with Crippen molar-refractivity contribution >= 4 is 23.2 Å². The lowest BCUT2D eigenvalue weighted by atomic mass is 10.1. The van der Waals surface area contributed by atoms with Crippen LogP contribution in [0.5, 0.6) is 0 Å². The van der Waals surface area contributed by atoms with E-state index in [1.807, 2.05) is 6.92 Å². The van der Waals surface area contributed by atoms with Crippen LogP contribution in [0.1, 0.15) is 43.0 Å². The molecule has 4 nitrogen and oxygen atoms in total. The molecular weight excluding hydrogens is 297 g/mol. The third-order valence-electron chi connectivity index (χ3n) is 2.99. The van der Waals surface area contributed by atoms with Crippen LogP contribution in [0.15, 0.2) is 22.7 Å². The smallest absolute Gasteiger partial charge is 0.229 e. The van der Waals surface area contributed by atoms with Crippen molar-refractivity contribution in [2.24, 2.45) is 0 Å². The Balaban J connectivity index is 2.12. The van der Waals surface area contributed by atoms with E-state index in [9.17, 15) is 0 Å². The van der Waals surface area contributed by atoms with Gasteiger partial charge in [-0.25, -0.2) is 0 Å². The van der Waals surface area contributed by atoms with Crippen LogP contribution < -0.4 is 0 Å². The number of rotatable bonds is 5. The monoisotopic (exact) mass is 309 g/mol. The van der Waals surface area contributed by atoms with Gasteiger partial charge in [-0.1, -0.05) is 41.3 Å². The zero-order valence-electron chi connectivity index (χ0n) is 10.9. The Morgan fingerprint density at radius 3 is 2.70 bits per heavy atom. The van der Waals surface area contributed by atoms with E-state index in [0.717, 1.165) is 5.56 Å². The zero-order valence-corrected chi connectivity index (χ0v) is 12.4. The van der Waals surface area contributed by atoms with E-state index in [-0.39, 0.29) is 5.92 Å². The van der Waals surface area contributed by atoms with Gasteiger partial charge in [0.25, 0.3) is 0 Å². The number of hydrogen-bond donors (Lipinski definition) is 0. The highest BCUT2D eigenvalue weighted by Gasteiger charge is 2.16. The second-order valence-corrected chi connectivity index (χ2v) is 5.34. The van der Waals surface area contributed by atoms with E-state index >= 15 is 0 Å². The highest BCUT2D eigenvalue weighted by Crippen LogP contribution is 2.27. The Morgan fingerprint density at radius 1 is 1.35 bits per heavy atom. The number of nitrogens with zero attached hydrogens (tertiary/aromatic N) is 3. The summed E-state index contributed by atoms with van der Waals surface area (Å²) in [6.45, 7) is 1.96. The standard InChI is InChI=1S/C14H13Cl2N3O/c1-9(4-3-7-17)14-18-13(19-20-14)8-10-11(15)5-2-6-12(10)16/h2,5-6,9H,3-4,8H2,1H3. The minimum atomic E-state index is 0.0672. The van der Waals surface area contributed by atoms with Crippen molar-refractivity contribution in [1.82, 2.24) is 10.1 Å². The summed E-state index contributed by atoms with van der Waals surface area (Å²) in [7, 11) is 0. The van der Waals surface area contributed by atoms with Crippen LogP contribution in [-0.4, -0.2) is 10.1 Å². The van der Waals surface area contributed by atoms with Gasteiger partial charge >= 0.3 is 0 Å². The largest absolute Gasteiger partial charge is 0.339 e. The molecule has 0 aliphatic carbocycles. The Bertz CT molecular complexity index is 613. The minimum Gasteiger partial charge on any atom is -0.339 e. The number of aromatic nitrogens is 2. The predicted molar refractivity (Wildman–Crippen MR) is 76.8 cm³/mol. The van der Waals surface area contributed by atoms with Gasteiger partial charge in [-0.15, -0.1) is 0 Å². The molecule has 1 unspecified atom stereocenters. The van der Waals surface area contributed by atoms with E-state index in [1.165, 1.54) is 0 Å². The predicted octanol–water partition coefficient (Wildman–Crippen LogP) is 4.37. The molecule has 0 aliphatic heterocycles. The molecule has 1 aromatic carbocycles. The van der Waals surface area contributed by atoms with Gasteiger partial charge in [-0.05, 0) is 24.1 Å². The first-order chi connectivity index (χ1) is 9.61. The molecule has 0 saturated carbocycles. The van der Waals surface area contributed by atoms with Crippen molar-refractivity contribution in [1.29, 1.82) is 5.26 Å². The summed E-state index contributed by atoms with van der Waals surface area (Å²) in [4.78, 5) is 4.34. The lowest BCUT2D eigenvalue weighted by molar-refractivity contribution is 0.351. The summed E-state index contributed by atoms with van der Waals surface area (Å²) in [6.07, 6.45) is 1.59. The molecule has 0 spiro atoms. The molecule has 0 saturated heterocycles. The summed E-state index contributed by atoms with van der Waals surface area (Å²) >= 11 is 12.2. The molecular formula is C14H13Cl2N3O. The molecule has 0 aliphatic rings. The summed E-state index contributed by atoms with van der Waals surface area (Å²) in [6, 6.07) is 7.45. The van der Waals surface area contributed by atoms with Crippen LogP contribution in [0.25, 0.3) is 0 Å². The average molecular weight is 310 g/mol. The van der Waals surface area contributed by atoms with Crippen LogP contribution in [-0.2, 0) is 6.42 Å². The Hall–Kier alpha value is -1.57. The molecule has 0 radical (unpaired) electrons. The average Bonchev–Trinajstić information content (AvgIpc) is 2.89. The van der Waals surface area contributed by atoms with E-state index in [2.05, 4.69) is 16.2 Å². The Kier molecular flexibility index (Phi) is 4.99. The maximum Gasteiger partial charge on any atom is 0.229 e. The topological polar surface area (TPSA) is 62.7 Å². The fourth-order valence-corrected chi connectivity index (χ4v) is 2.33. The normalized spacial score (nSPS) is 12.1. The summed E-state index contributed by atoms with van der Waals surface area (Å²) in [5.74, 6) is 1.15. The zero-order chi connectivity index (χ0) is 14.5. The van der Waals surface area contributed by atoms with Crippen molar-refractivity contribution in [2.45, 2.75) is 32.1 Å². The van der Waals surface area contributed by atoms with Crippen LogP contribution in [0, 0.1) is 11.3 Å². The molecule has 2 rings (SSSR count). The number of hydrogen-bond acceptors (Lipinski definition) is 4. The maximum absolute atomic E-state index is 8.58. The second-order valence-electron chi connectivity index (χ2n) is 4.52. The number of nitriles is 1. The molecule has 0 amide bonds. The summed E-state index contributed by atoms with van der Waals surface area (Å²) in [5, 5.41) is 13.7. The summed E-state index contributed by atoms with van der Waals surface area (Å²) in [5.41, 5.74) is 0.785.